The second-order valence-electron chi connectivity index (χ2n) is 3.77. The Morgan fingerprint density at radius 1 is 1.35 bits per heavy atom. The zero-order chi connectivity index (χ0) is 12.4. The van der Waals surface area contributed by atoms with Crippen LogP contribution in [-0.2, 0) is 9.47 Å². The van der Waals surface area contributed by atoms with E-state index in [0.717, 1.165) is 15.6 Å². The van der Waals surface area contributed by atoms with Crippen molar-refractivity contribution >= 4 is 27.4 Å². The van der Waals surface area contributed by atoms with Gasteiger partial charge in [0.05, 0.1) is 18.8 Å². The highest BCUT2D eigenvalue weighted by Gasteiger charge is 2.13. The number of ether oxygens (including phenoxy) is 2. The number of carbonyl (C=O) groups excluding carboxylic acids is 1. The van der Waals surface area contributed by atoms with Crippen molar-refractivity contribution in [3.05, 3.63) is 34.7 Å². The molecule has 0 N–H and O–H groups in total. The molecule has 90 valence electrons. The van der Waals surface area contributed by atoms with Crippen LogP contribution in [0.25, 0.3) is 10.1 Å². The van der Waals surface area contributed by atoms with Gasteiger partial charge < -0.3 is 9.47 Å². The Bertz CT molecular complexity index is 545. The molecule has 0 spiro atoms. The molecule has 0 amide bonds. The summed E-state index contributed by atoms with van der Waals surface area (Å²) in [5, 5.41) is 3.21. The monoisotopic (exact) mass is 250 g/mol. The van der Waals surface area contributed by atoms with Crippen molar-refractivity contribution in [2.75, 3.05) is 14.2 Å². The number of esters is 1. The van der Waals surface area contributed by atoms with Crippen LogP contribution in [0.5, 0.6) is 0 Å². The third-order valence-corrected chi connectivity index (χ3v) is 3.78. The summed E-state index contributed by atoms with van der Waals surface area (Å²) in [7, 11) is 3.08. The summed E-state index contributed by atoms with van der Waals surface area (Å²) in [6.07, 6.45) is 0.0627. The van der Waals surface area contributed by atoms with Gasteiger partial charge in [0.25, 0.3) is 0 Å². The van der Waals surface area contributed by atoms with E-state index in [1.54, 1.807) is 24.5 Å². The Kier molecular flexibility index (Phi) is 3.45. The summed E-state index contributed by atoms with van der Waals surface area (Å²) in [6.45, 7) is 2.01. The average Bonchev–Trinajstić information content (AvgIpc) is 2.79. The summed E-state index contributed by atoms with van der Waals surface area (Å²) in [4.78, 5) is 11.4. The third kappa shape index (κ3) is 2.18. The first kappa shape index (κ1) is 12.1. The summed E-state index contributed by atoms with van der Waals surface area (Å²) < 4.78 is 11.1. The Labute approximate surface area is 104 Å². The lowest BCUT2D eigenvalue weighted by Crippen LogP contribution is -2.00. The normalized spacial score (nSPS) is 12.6. The van der Waals surface area contributed by atoms with Gasteiger partial charge in [-0.15, -0.1) is 11.3 Å². The van der Waals surface area contributed by atoms with Crippen molar-refractivity contribution in [2.24, 2.45) is 0 Å². The van der Waals surface area contributed by atoms with Crippen LogP contribution in [0.2, 0.25) is 0 Å². The molecule has 1 unspecified atom stereocenters. The summed E-state index contributed by atoms with van der Waals surface area (Å²) in [5.74, 6) is -0.304. The number of fused-ring (bicyclic) bond motifs is 1. The molecule has 1 heterocycles. The van der Waals surface area contributed by atoms with Gasteiger partial charge in [-0.05, 0) is 35.4 Å². The van der Waals surface area contributed by atoms with E-state index in [4.69, 9.17) is 9.47 Å². The molecule has 0 saturated carbocycles. The van der Waals surface area contributed by atoms with E-state index < -0.39 is 0 Å². The Morgan fingerprint density at radius 2 is 2.12 bits per heavy atom. The number of benzene rings is 1. The van der Waals surface area contributed by atoms with Gasteiger partial charge in [0.2, 0.25) is 0 Å². The molecule has 0 bridgehead atoms. The molecule has 0 aliphatic carbocycles. The number of methoxy groups -OCH3 is 2. The molecule has 0 aliphatic heterocycles. The molecule has 2 rings (SSSR count). The van der Waals surface area contributed by atoms with Gasteiger partial charge in [0.1, 0.15) is 0 Å². The summed E-state index contributed by atoms with van der Waals surface area (Å²) in [5.41, 5.74) is 1.74. The van der Waals surface area contributed by atoms with E-state index in [9.17, 15) is 4.79 Å². The quantitative estimate of drug-likeness (QED) is 0.783. The van der Waals surface area contributed by atoms with E-state index in [0.29, 0.717) is 5.56 Å². The number of hydrogen-bond donors (Lipinski definition) is 0. The van der Waals surface area contributed by atoms with Crippen LogP contribution < -0.4 is 0 Å². The Balaban J connectivity index is 2.48. The van der Waals surface area contributed by atoms with Crippen LogP contribution in [-0.4, -0.2) is 20.2 Å². The minimum absolute atomic E-state index is 0.0627. The largest absolute Gasteiger partial charge is 0.465 e. The lowest BCUT2D eigenvalue weighted by molar-refractivity contribution is 0.0601. The summed E-state index contributed by atoms with van der Waals surface area (Å²) >= 11 is 1.61. The third-order valence-electron chi connectivity index (χ3n) is 2.82. The van der Waals surface area contributed by atoms with Crippen LogP contribution in [0.15, 0.2) is 23.6 Å². The fourth-order valence-electron chi connectivity index (χ4n) is 1.74. The average molecular weight is 250 g/mol. The molecule has 2 aromatic rings. The predicted molar refractivity (Wildman–Crippen MR) is 68.6 cm³/mol. The van der Waals surface area contributed by atoms with Gasteiger partial charge in [-0.2, -0.15) is 0 Å². The van der Waals surface area contributed by atoms with E-state index in [-0.39, 0.29) is 12.1 Å². The van der Waals surface area contributed by atoms with Gasteiger partial charge in [-0.3, -0.25) is 0 Å². The number of carbonyl (C=O) groups is 1. The van der Waals surface area contributed by atoms with Crippen molar-refractivity contribution in [1.29, 1.82) is 0 Å². The van der Waals surface area contributed by atoms with Gasteiger partial charge in [-0.25, -0.2) is 4.79 Å². The first-order chi connectivity index (χ1) is 8.17. The van der Waals surface area contributed by atoms with Crippen molar-refractivity contribution < 1.29 is 14.3 Å². The molecule has 0 fully saturated rings. The molecule has 3 nitrogen and oxygen atoms in total. The lowest BCUT2D eigenvalue weighted by Gasteiger charge is -2.08. The predicted octanol–water partition coefficient (Wildman–Crippen LogP) is 3.40. The van der Waals surface area contributed by atoms with Gasteiger partial charge in [-0.1, -0.05) is 6.07 Å². The fraction of sp³-hybridized carbons (Fsp3) is 0.308. The Hall–Kier alpha value is -1.39. The van der Waals surface area contributed by atoms with Gasteiger partial charge in [0.15, 0.2) is 0 Å². The minimum atomic E-state index is -0.304. The molecule has 4 heteroatoms. The van der Waals surface area contributed by atoms with Gasteiger partial charge >= 0.3 is 5.97 Å². The first-order valence-electron chi connectivity index (χ1n) is 5.29. The molecule has 1 aromatic heterocycles. The lowest BCUT2D eigenvalue weighted by atomic mass is 10.1. The maximum Gasteiger partial charge on any atom is 0.337 e. The van der Waals surface area contributed by atoms with Crippen molar-refractivity contribution in [1.82, 2.24) is 0 Å². The fourth-order valence-corrected chi connectivity index (χ4v) is 2.82. The maximum atomic E-state index is 11.4. The van der Waals surface area contributed by atoms with Crippen molar-refractivity contribution in [3.63, 3.8) is 0 Å². The standard InChI is InChI=1S/C13H14O3S/c1-8(15-2)11-7-17-12-6-9(13(14)16-3)4-5-10(11)12/h4-8H,1-3H3. The smallest absolute Gasteiger partial charge is 0.337 e. The second kappa shape index (κ2) is 4.85. The number of hydrogen-bond acceptors (Lipinski definition) is 4. The number of thiophene rings is 1. The maximum absolute atomic E-state index is 11.4. The van der Waals surface area contributed by atoms with E-state index >= 15 is 0 Å². The molecule has 0 saturated heterocycles. The van der Waals surface area contributed by atoms with E-state index in [1.807, 2.05) is 19.1 Å². The molecule has 1 atom stereocenters. The molecule has 1 aromatic carbocycles. The van der Waals surface area contributed by atoms with Crippen LogP contribution in [0, 0.1) is 0 Å². The van der Waals surface area contributed by atoms with Crippen LogP contribution in [0.4, 0.5) is 0 Å². The van der Waals surface area contributed by atoms with Gasteiger partial charge in [0, 0.05) is 11.8 Å². The zero-order valence-corrected chi connectivity index (χ0v) is 10.8. The van der Waals surface area contributed by atoms with Crippen LogP contribution in [0.3, 0.4) is 0 Å². The van der Waals surface area contributed by atoms with Crippen LogP contribution in [0.1, 0.15) is 28.9 Å². The molecular weight excluding hydrogens is 236 g/mol. The van der Waals surface area contributed by atoms with Crippen molar-refractivity contribution in [3.8, 4) is 0 Å². The molecular formula is C13H14O3S. The highest BCUT2D eigenvalue weighted by molar-refractivity contribution is 7.17. The zero-order valence-electron chi connectivity index (χ0n) is 10.0. The number of rotatable bonds is 3. The highest BCUT2D eigenvalue weighted by atomic mass is 32.1. The summed E-state index contributed by atoms with van der Waals surface area (Å²) in [6, 6.07) is 5.59. The van der Waals surface area contributed by atoms with Crippen LogP contribution >= 0.6 is 11.3 Å². The topological polar surface area (TPSA) is 35.5 Å². The van der Waals surface area contributed by atoms with E-state index in [1.165, 1.54) is 7.11 Å². The molecule has 0 radical (unpaired) electrons. The SMILES string of the molecule is COC(=O)c1ccc2c(C(C)OC)csc2c1. The minimum Gasteiger partial charge on any atom is -0.465 e. The molecule has 0 aliphatic rings. The molecule has 17 heavy (non-hydrogen) atoms. The first-order valence-corrected chi connectivity index (χ1v) is 6.17. The second-order valence-corrected chi connectivity index (χ2v) is 4.68. The Morgan fingerprint density at radius 3 is 2.76 bits per heavy atom. The highest BCUT2D eigenvalue weighted by Crippen LogP contribution is 2.32. The van der Waals surface area contributed by atoms with E-state index in [2.05, 4.69) is 5.38 Å². The van der Waals surface area contributed by atoms with Crippen molar-refractivity contribution in [2.45, 2.75) is 13.0 Å².